The highest BCUT2D eigenvalue weighted by Crippen LogP contribution is 2.68. The van der Waals surface area contributed by atoms with Crippen molar-refractivity contribution in [2.24, 2.45) is 46.3 Å². The number of aliphatic carboxylic acids is 1. The predicted molar refractivity (Wildman–Crippen MR) is 106 cm³/mol. The summed E-state index contributed by atoms with van der Waals surface area (Å²) in [5.41, 5.74) is 0.777. The van der Waals surface area contributed by atoms with Gasteiger partial charge in [0.05, 0.1) is 0 Å². The molecule has 0 amide bonds. The molecule has 0 spiro atoms. The summed E-state index contributed by atoms with van der Waals surface area (Å²) in [6.07, 6.45) is 11.1. The predicted octanol–water partition coefficient (Wildman–Crippen LogP) is 6.48. The Morgan fingerprint density at radius 2 is 1.74 bits per heavy atom. The summed E-state index contributed by atoms with van der Waals surface area (Å²) in [5.74, 6) is 3.61. The van der Waals surface area contributed by atoms with Gasteiger partial charge in [0.25, 0.3) is 0 Å². The number of halogens is 1. The summed E-state index contributed by atoms with van der Waals surface area (Å²) >= 11 is 0. The van der Waals surface area contributed by atoms with Gasteiger partial charge in [-0.25, -0.2) is 4.39 Å². The number of hydrogen-bond donors (Lipinski definition) is 1. The fourth-order valence-corrected chi connectivity index (χ4v) is 8.73. The normalized spacial score (nSPS) is 50.4. The minimum absolute atomic E-state index is 0.314. The second-order valence-corrected chi connectivity index (χ2v) is 11.2. The largest absolute Gasteiger partial charge is 0.481 e. The number of fused-ring (bicyclic) bond motifs is 5. The van der Waals surface area contributed by atoms with Crippen LogP contribution in [0.15, 0.2) is 0 Å². The van der Waals surface area contributed by atoms with Crippen LogP contribution in [0.25, 0.3) is 0 Å². The van der Waals surface area contributed by atoms with Crippen molar-refractivity contribution in [3.63, 3.8) is 0 Å². The van der Waals surface area contributed by atoms with Crippen molar-refractivity contribution < 1.29 is 14.3 Å². The summed E-state index contributed by atoms with van der Waals surface area (Å²) in [4.78, 5) is 11.0. The smallest absolute Gasteiger partial charge is 0.303 e. The Hall–Kier alpha value is -0.600. The molecule has 4 aliphatic rings. The number of carbonyl (C=O) groups is 1. The van der Waals surface area contributed by atoms with Crippen molar-refractivity contribution >= 4 is 5.97 Å². The first-order chi connectivity index (χ1) is 12.8. The second kappa shape index (κ2) is 7.02. The molecule has 3 heteroatoms. The van der Waals surface area contributed by atoms with Crippen molar-refractivity contribution in [1.29, 1.82) is 0 Å². The molecular weight excluding hydrogens is 339 g/mol. The molecule has 27 heavy (non-hydrogen) atoms. The van der Waals surface area contributed by atoms with Crippen molar-refractivity contribution in [2.45, 2.75) is 97.6 Å². The summed E-state index contributed by atoms with van der Waals surface area (Å²) < 4.78 is 14.1. The zero-order chi connectivity index (χ0) is 19.4. The number of carboxylic acid groups (broad SMARTS) is 1. The molecule has 4 fully saturated rings. The zero-order valence-corrected chi connectivity index (χ0v) is 17.6. The van der Waals surface area contributed by atoms with Gasteiger partial charge in [-0.2, -0.15) is 0 Å². The summed E-state index contributed by atoms with van der Waals surface area (Å²) in [5, 5.41) is 9.09. The molecule has 4 aliphatic carbocycles. The van der Waals surface area contributed by atoms with Crippen molar-refractivity contribution in [3.8, 4) is 0 Å². The first-order valence-electron chi connectivity index (χ1n) is 11.6. The summed E-state index contributed by atoms with van der Waals surface area (Å²) in [6.45, 7) is 7.34. The average molecular weight is 379 g/mol. The SMILES string of the molecule is C[C@H](CCC(=O)O)C1CC[C@H]2[C@@H]3CC[C@@H]4C[C@@H](F)CC[C@]4(C)[C@H]3CC[C@]12C. The lowest BCUT2D eigenvalue weighted by atomic mass is 9.44. The molecule has 0 bridgehead atoms. The van der Waals surface area contributed by atoms with E-state index in [0.717, 1.165) is 43.4 Å². The maximum Gasteiger partial charge on any atom is 0.303 e. The number of rotatable bonds is 4. The number of carboxylic acids is 1. The van der Waals surface area contributed by atoms with E-state index in [1.807, 2.05) is 0 Å². The highest BCUT2D eigenvalue weighted by Gasteiger charge is 2.60. The third kappa shape index (κ3) is 3.15. The van der Waals surface area contributed by atoms with E-state index in [4.69, 9.17) is 5.11 Å². The third-order valence-electron chi connectivity index (χ3n) is 10.2. The van der Waals surface area contributed by atoms with E-state index in [2.05, 4.69) is 20.8 Å². The van der Waals surface area contributed by atoms with Gasteiger partial charge in [-0.3, -0.25) is 4.79 Å². The first-order valence-corrected chi connectivity index (χ1v) is 11.6. The molecule has 2 nitrogen and oxygen atoms in total. The number of alkyl halides is 1. The molecule has 1 unspecified atom stereocenters. The molecule has 0 aromatic carbocycles. The molecule has 0 radical (unpaired) electrons. The maximum atomic E-state index is 14.1. The Labute approximate surface area is 164 Å². The Morgan fingerprint density at radius 3 is 2.48 bits per heavy atom. The topological polar surface area (TPSA) is 37.3 Å². The van der Waals surface area contributed by atoms with Gasteiger partial charge in [0.15, 0.2) is 0 Å². The fraction of sp³-hybridized carbons (Fsp3) is 0.958. The number of hydrogen-bond acceptors (Lipinski definition) is 1. The third-order valence-corrected chi connectivity index (χ3v) is 10.2. The molecule has 0 aliphatic heterocycles. The van der Waals surface area contributed by atoms with E-state index in [1.54, 1.807) is 0 Å². The molecule has 4 rings (SSSR count). The molecule has 154 valence electrons. The highest BCUT2D eigenvalue weighted by molar-refractivity contribution is 5.66. The minimum Gasteiger partial charge on any atom is -0.481 e. The maximum absolute atomic E-state index is 14.1. The van der Waals surface area contributed by atoms with Crippen LogP contribution in [0.4, 0.5) is 4.39 Å². The van der Waals surface area contributed by atoms with Crippen LogP contribution < -0.4 is 0 Å². The van der Waals surface area contributed by atoms with E-state index in [1.165, 1.54) is 38.5 Å². The average Bonchev–Trinajstić information content (AvgIpc) is 2.97. The van der Waals surface area contributed by atoms with Gasteiger partial charge >= 0.3 is 5.97 Å². The molecule has 1 N–H and O–H groups in total. The Morgan fingerprint density at radius 1 is 1.04 bits per heavy atom. The van der Waals surface area contributed by atoms with Gasteiger partial charge in [0, 0.05) is 6.42 Å². The van der Waals surface area contributed by atoms with Gasteiger partial charge in [0.2, 0.25) is 0 Å². The first kappa shape index (κ1) is 19.7. The summed E-state index contributed by atoms with van der Waals surface area (Å²) in [6, 6.07) is 0. The molecule has 0 heterocycles. The van der Waals surface area contributed by atoms with E-state index < -0.39 is 12.1 Å². The van der Waals surface area contributed by atoms with E-state index in [-0.39, 0.29) is 0 Å². The van der Waals surface area contributed by atoms with E-state index >= 15 is 0 Å². The van der Waals surface area contributed by atoms with Crippen LogP contribution >= 0.6 is 0 Å². The van der Waals surface area contributed by atoms with Gasteiger partial charge in [0.1, 0.15) is 6.17 Å². The minimum atomic E-state index is -0.653. The van der Waals surface area contributed by atoms with Crippen LogP contribution in [0, 0.1) is 46.3 Å². The van der Waals surface area contributed by atoms with Crippen LogP contribution in [-0.4, -0.2) is 17.2 Å². The lowest BCUT2D eigenvalue weighted by Crippen LogP contribution is -2.54. The van der Waals surface area contributed by atoms with Crippen LogP contribution in [-0.2, 0) is 4.79 Å². The van der Waals surface area contributed by atoms with Crippen LogP contribution in [0.5, 0.6) is 0 Å². The van der Waals surface area contributed by atoms with Gasteiger partial charge in [-0.05, 0) is 111 Å². The van der Waals surface area contributed by atoms with E-state index in [9.17, 15) is 9.18 Å². The van der Waals surface area contributed by atoms with Crippen molar-refractivity contribution in [3.05, 3.63) is 0 Å². The van der Waals surface area contributed by atoms with Crippen molar-refractivity contribution in [2.75, 3.05) is 0 Å². The van der Waals surface area contributed by atoms with Crippen LogP contribution in [0.1, 0.15) is 91.4 Å². The molecule has 4 saturated carbocycles. The molecule has 0 saturated heterocycles. The highest BCUT2D eigenvalue weighted by atomic mass is 19.1. The molecule has 0 aromatic rings. The summed E-state index contributed by atoms with van der Waals surface area (Å²) in [7, 11) is 0. The van der Waals surface area contributed by atoms with Crippen LogP contribution in [0.3, 0.4) is 0 Å². The molecule has 0 aromatic heterocycles. The van der Waals surface area contributed by atoms with E-state index in [0.29, 0.717) is 35.0 Å². The van der Waals surface area contributed by atoms with Crippen LogP contribution in [0.2, 0.25) is 0 Å². The molecular formula is C24H39FO2. The Bertz CT molecular complexity index is 577. The Kier molecular flexibility index (Phi) is 5.13. The molecule has 9 atom stereocenters. The van der Waals surface area contributed by atoms with Crippen molar-refractivity contribution in [1.82, 2.24) is 0 Å². The monoisotopic (exact) mass is 378 g/mol. The van der Waals surface area contributed by atoms with Gasteiger partial charge in [-0.15, -0.1) is 0 Å². The van der Waals surface area contributed by atoms with Gasteiger partial charge in [-0.1, -0.05) is 20.8 Å². The lowest BCUT2D eigenvalue weighted by molar-refractivity contribution is -0.138. The second-order valence-electron chi connectivity index (χ2n) is 11.2. The standard InChI is InChI=1S/C24H39FO2/c1-15(4-9-22(26)27)19-7-8-20-18-6-5-16-14-17(25)10-12-23(16,2)21(18)11-13-24(19,20)3/h15-21H,4-14H2,1-3H3,(H,26,27)/t15-,16-,17+,18+,19?,20+,21+,23+,24-/m1/s1. The Balaban J connectivity index is 1.51. The quantitative estimate of drug-likeness (QED) is 0.607. The lowest BCUT2D eigenvalue weighted by Gasteiger charge is -2.61. The zero-order valence-electron chi connectivity index (χ0n) is 17.6. The fourth-order valence-electron chi connectivity index (χ4n) is 8.73. The van der Waals surface area contributed by atoms with Gasteiger partial charge < -0.3 is 5.11 Å².